The summed E-state index contributed by atoms with van der Waals surface area (Å²) in [5.74, 6) is -0.276. The highest BCUT2D eigenvalue weighted by molar-refractivity contribution is 5.67. The number of rotatable bonds is 8. The highest BCUT2D eigenvalue weighted by Gasteiger charge is 2.04. The average Bonchev–Trinajstić information content (AvgIpc) is 2.54. The number of nitrogens with two attached hydrogens (primary N) is 1. The van der Waals surface area contributed by atoms with Gasteiger partial charge in [-0.2, -0.15) is 0 Å². The van der Waals surface area contributed by atoms with Crippen molar-refractivity contribution in [2.75, 3.05) is 6.54 Å². The molecule has 5 heteroatoms. The van der Waals surface area contributed by atoms with Gasteiger partial charge < -0.3 is 10.8 Å². The number of carboxylic acid groups (broad SMARTS) is 1. The van der Waals surface area contributed by atoms with Gasteiger partial charge in [0.15, 0.2) is 0 Å². The van der Waals surface area contributed by atoms with Crippen LogP contribution in [0.15, 0.2) is 36.7 Å². The van der Waals surface area contributed by atoms with Crippen LogP contribution in [0.1, 0.15) is 30.7 Å². The van der Waals surface area contributed by atoms with Crippen LogP contribution in [-0.4, -0.2) is 27.6 Å². The van der Waals surface area contributed by atoms with E-state index in [0.29, 0.717) is 12.2 Å². The number of carbonyl (C=O) groups is 1. The normalized spacial score (nSPS) is 10.6. The lowest BCUT2D eigenvalue weighted by Crippen LogP contribution is -2.01. The van der Waals surface area contributed by atoms with Crippen LogP contribution in [0.2, 0.25) is 0 Å². The first-order valence-corrected chi connectivity index (χ1v) is 7.51. The molecule has 1 aromatic carbocycles. The third-order valence-electron chi connectivity index (χ3n) is 3.47. The molecule has 0 aliphatic heterocycles. The standard InChI is InChI=1S/C17H21N3O2/c18-10-2-1-3-13-4-6-14(7-5-13)15-11-19-16(20-12-15)8-9-17(21)22/h4-7,11-12H,1-3,8-10,18H2,(H,21,22). The summed E-state index contributed by atoms with van der Waals surface area (Å²) >= 11 is 0. The topological polar surface area (TPSA) is 89.1 Å². The Morgan fingerprint density at radius 2 is 1.68 bits per heavy atom. The molecule has 0 aliphatic rings. The molecular weight excluding hydrogens is 278 g/mol. The van der Waals surface area contributed by atoms with E-state index in [4.69, 9.17) is 10.8 Å². The molecule has 0 saturated carbocycles. The molecule has 3 N–H and O–H groups in total. The highest BCUT2D eigenvalue weighted by atomic mass is 16.4. The van der Waals surface area contributed by atoms with Crippen molar-refractivity contribution in [1.82, 2.24) is 9.97 Å². The van der Waals surface area contributed by atoms with Gasteiger partial charge >= 0.3 is 5.97 Å². The molecule has 1 aromatic heterocycles. The molecule has 1 heterocycles. The van der Waals surface area contributed by atoms with Gasteiger partial charge in [0.25, 0.3) is 0 Å². The van der Waals surface area contributed by atoms with Crippen LogP contribution >= 0.6 is 0 Å². The predicted octanol–water partition coefficient (Wildman–Crippen LogP) is 2.44. The number of nitrogens with zero attached hydrogens (tertiary/aromatic N) is 2. The summed E-state index contributed by atoms with van der Waals surface area (Å²) in [7, 11) is 0. The Morgan fingerprint density at radius 3 is 2.27 bits per heavy atom. The van der Waals surface area contributed by atoms with E-state index in [2.05, 4.69) is 34.2 Å². The van der Waals surface area contributed by atoms with Crippen molar-refractivity contribution in [3.63, 3.8) is 0 Å². The number of hydrogen-bond donors (Lipinski definition) is 2. The summed E-state index contributed by atoms with van der Waals surface area (Å²) in [6.07, 6.45) is 7.10. The maximum Gasteiger partial charge on any atom is 0.303 e. The Labute approximate surface area is 130 Å². The third kappa shape index (κ3) is 4.93. The van der Waals surface area contributed by atoms with E-state index in [1.165, 1.54) is 5.56 Å². The minimum Gasteiger partial charge on any atom is -0.481 e. The molecular formula is C17H21N3O2. The fourth-order valence-electron chi connectivity index (χ4n) is 2.19. The van der Waals surface area contributed by atoms with Gasteiger partial charge in [0.1, 0.15) is 5.82 Å². The van der Waals surface area contributed by atoms with E-state index in [-0.39, 0.29) is 6.42 Å². The fraction of sp³-hybridized carbons (Fsp3) is 0.353. The molecule has 116 valence electrons. The number of benzene rings is 1. The summed E-state index contributed by atoms with van der Waals surface area (Å²) in [4.78, 5) is 19.0. The van der Waals surface area contributed by atoms with Gasteiger partial charge in [0, 0.05) is 24.4 Å². The Balaban J connectivity index is 1.97. The summed E-state index contributed by atoms with van der Waals surface area (Å²) in [5.41, 5.74) is 8.80. The van der Waals surface area contributed by atoms with Crippen LogP contribution in [0, 0.1) is 0 Å². The van der Waals surface area contributed by atoms with E-state index in [1.807, 2.05) is 0 Å². The smallest absolute Gasteiger partial charge is 0.303 e. The number of aryl methyl sites for hydroxylation is 2. The first-order valence-electron chi connectivity index (χ1n) is 7.51. The third-order valence-corrected chi connectivity index (χ3v) is 3.47. The number of hydrogen-bond acceptors (Lipinski definition) is 4. The number of unbranched alkanes of at least 4 members (excludes halogenated alkanes) is 1. The molecule has 0 bridgehead atoms. The van der Waals surface area contributed by atoms with Gasteiger partial charge in [-0.05, 0) is 36.9 Å². The summed E-state index contributed by atoms with van der Waals surface area (Å²) in [6, 6.07) is 8.36. The molecule has 2 aromatic rings. The van der Waals surface area contributed by atoms with Crippen molar-refractivity contribution in [2.24, 2.45) is 5.73 Å². The second kappa shape index (κ2) is 8.24. The monoisotopic (exact) mass is 299 g/mol. The van der Waals surface area contributed by atoms with E-state index < -0.39 is 5.97 Å². The van der Waals surface area contributed by atoms with Gasteiger partial charge in [-0.1, -0.05) is 24.3 Å². The van der Waals surface area contributed by atoms with Crippen LogP contribution in [0.4, 0.5) is 0 Å². The summed E-state index contributed by atoms with van der Waals surface area (Å²) in [6.45, 7) is 0.740. The predicted molar refractivity (Wildman–Crippen MR) is 85.4 cm³/mol. The number of aromatic nitrogens is 2. The highest BCUT2D eigenvalue weighted by Crippen LogP contribution is 2.19. The van der Waals surface area contributed by atoms with Gasteiger partial charge in [-0.25, -0.2) is 9.97 Å². The second-order valence-electron chi connectivity index (χ2n) is 5.22. The molecule has 0 unspecified atom stereocenters. The van der Waals surface area contributed by atoms with E-state index in [0.717, 1.165) is 36.9 Å². The van der Waals surface area contributed by atoms with Crippen molar-refractivity contribution >= 4 is 5.97 Å². The van der Waals surface area contributed by atoms with E-state index in [1.54, 1.807) is 12.4 Å². The molecule has 2 rings (SSSR count). The Kier molecular flexibility index (Phi) is 6.03. The molecule has 0 atom stereocenters. The van der Waals surface area contributed by atoms with Gasteiger partial charge in [0.05, 0.1) is 6.42 Å². The SMILES string of the molecule is NCCCCc1ccc(-c2cnc(CCC(=O)O)nc2)cc1. The first kappa shape index (κ1) is 16.1. The molecule has 22 heavy (non-hydrogen) atoms. The molecule has 0 saturated heterocycles. The van der Waals surface area contributed by atoms with Crippen LogP contribution in [0.3, 0.4) is 0 Å². The van der Waals surface area contributed by atoms with Gasteiger partial charge in [-0.3, -0.25) is 4.79 Å². The number of carboxylic acids is 1. The van der Waals surface area contributed by atoms with Crippen molar-refractivity contribution < 1.29 is 9.90 Å². The minimum absolute atomic E-state index is 0.0524. The molecule has 0 spiro atoms. The lowest BCUT2D eigenvalue weighted by Gasteiger charge is -2.05. The van der Waals surface area contributed by atoms with Crippen molar-refractivity contribution in [3.8, 4) is 11.1 Å². The molecule has 0 fully saturated rings. The summed E-state index contributed by atoms with van der Waals surface area (Å²) < 4.78 is 0. The number of aliphatic carboxylic acids is 1. The van der Waals surface area contributed by atoms with Crippen LogP contribution < -0.4 is 5.73 Å². The Morgan fingerprint density at radius 1 is 1.00 bits per heavy atom. The largest absolute Gasteiger partial charge is 0.481 e. The Bertz CT molecular complexity index is 594. The van der Waals surface area contributed by atoms with Crippen LogP contribution in [0.5, 0.6) is 0 Å². The van der Waals surface area contributed by atoms with Crippen molar-refractivity contribution in [3.05, 3.63) is 48.0 Å². The quantitative estimate of drug-likeness (QED) is 0.731. The van der Waals surface area contributed by atoms with Crippen LogP contribution in [0.25, 0.3) is 11.1 Å². The van der Waals surface area contributed by atoms with E-state index >= 15 is 0 Å². The lowest BCUT2D eigenvalue weighted by atomic mass is 10.0. The molecule has 0 aliphatic carbocycles. The zero-order valence-corrected chi connectivity index (χ0v) is 12.5. The van der Waals surface area contributed by atoms with Gasteiger partial charge in [0.2, 0.25) is 0 Å². The molecule has 0 radical (unpaired) electrons. The van der Waals surface area contributed by atoms with Crippen LogP contribution in [-0.2, 0) is 17.6 Å². The van der Waals surface area contributed by atoms with Crippen molar-refractivity contribution in [1.29, 1.82) is 0 Å². The average molecular weight is 299 g/mol. The molecule has 0 amide bonds. The van der Waals surface area contributed by atoms with E-state index in [9.17, 15) is 4.79 Å². The maximum atomic E-state index is 10.5. The zero-order chi connectivity index (χ0) is 15.8. The molecule has 5 nitrogen and oxygen atoms in total. The lowest BCUT2D eigenvalue weighted by molar-refractivity contribution is -0.137. The van der Waals surface area contributed by atoms with Gasteiger partial charge in [-0.15, -0.1) is 0 Å². The van der Waals surface area contributed by atoms with Crippen molar-refractivity contribution in [2.45, 2.75) is 32.1 Å². The maximum absolute atomic E-state index is 10.5. The second-order valence-corrected chi connectivity index (χ2v) is 5.22. The zero-order valence-electron chi connectivity index (χ0n) is 12.5. The summed E-state index contributed by atoms with van der Waals surface area (Å²) in [5, 5.41) is 8.65. The minimum atomic E-state index is -0.835. The Hall–Kier alpha value is -2.27. The fourth-order valence-corrected chi connectivity index (χ4v) is 2.19. The first-order chi connectivity index (χ1) is 10.7.